The second-order valence-corrected chi connectivity index (χ2v) is 3.71. The van der Waals surface area contributed by atoms with Crippen LogP contribution in [0.3, 0.4) is 0 Å². The van der Waals surface area contributed by atoms with Gasteiger partial charge in [0.25, 0.3) is 0 Å². The van der Waals surface area contributed by atoms with E-state index in [-0.39, 0.29) is 11.8 Å². The maximum absolute atomic E-state index is 11.0. The summed E-state index contributed by atoms with van der Waals surface area (Å²) in [4.78, 5) is 16.9. The predicted octanol–water partition coefficient (Wildman–Crippen LogP) is -0.483. The molecule has 1 aliphatic heterocycles. The molecule has 6 heteroatoms. The molecule has 0 unspecified atom stereocenters. The third-order valence-corrected chi connectivity index (χ3v) is 2.53. The Hall–Kier alpha value is -1.43. The first kappa shape index (κ1) is 10.1. The lowest BCUT2D eigenvalue weighted by Gasteiger charge is -2.36. The van der Waals surface area contributed by atoms with Crippen LogP contribution in [-0.2, 0) is 11.2 Å². The van der Waals surface area contributed by atoms with Crippen molar-refractivity contribution in [3.05, 3.63) is 11.7 Å². The van der Waals surface area contributed by atoms with Crippen molar-refractivity contribution >= 4 is 5.91 Å². The Bertz CT molecular complexity index is 357. The molecule has 0 aromatic carbocycles. The van der Waals surface area contributed by atoms with Crippen molar-refractivity contribution in [2.24, 2.45) is 5.73 Å². The third-order valence-electron chi connectivity index (χ3n) is 2.53. The first-order valence-corrected chi connectivity index (χ1v) is 4.98. The molecule has 2 N–H and O–H groups in total. The van der Waals surface area contributed by atoms with Crippen LogP contribution in [0.4, 0.5) is 0 Å². The van der Waals surface area contributed by atoms with Crippen LogP contribution in [-0.4, -0.2) is 40.6 Å². The van der Waals surface area contributed by atoms with E-state index in [1.54, 1.807) is 11.8 Å². The number of nitrogens with two attached hydrogens (primary N) is 1. The van der Waals surface area contributed by atoms with Gasteiger partial charge in [-0.15, -0.1) is 0 Å². The molecule has 2 heterocycles. The molecular formula is C9H14N4O2. The fourth-order valence-electron chi connectivity index (χ4n) is 1.56. The van der Waals surface area contributed by atoms with E-state index < -0.39 is 0 Å². The number of amides is 1. The Morgan fingerprint density at radius 1 is 1.67 bits per heavy atom. The number of aromatic nitrogens is 2. The highest BCUT2D eigenvalue weighted by atomic mass is 16.5. The number of likely N-dealkylation sites (tertiary alicyclic amines) is 1. The van der Waals surface area contributed by atoms with Crippen molar-refractivity contribution in [3.8, 4) is 0 Å². The van der Waals surface area contributed by atoms with Crippen molar-refractivity contribution < 1.29 is 9.32 Å². The summed E-state index contributed by atoms with van der Waals surface area (Å²) in [6.07, 6.45) is 0.632. The van der Waals surface area contributed by atoms with Crippen molar-refractivity contribution in [1.82, 2.24) is 15.0 Å². The minimum Gasteiger partial charge on any atom is -0.341 e. The van der Waals surface area contributed by atoms with E-state index in [4.69, 9.17) is 10.3 Å². The van der Waals surface area contributed by atoms with Crippen molar-refractivity contribution in [1.29, 1.82) is 0 Å². The Balaban J connectivity index is 1.92. The van der Waals surface area contributed by atoms with E-state index in [2.05, 4.69) is 10.1 Å². The summed E-state index contributed by atoms with van der Waals surface area (Å²) in [5.74, 6) is 1.56. The minimum atomic E-state index is 0.0907. The van der Waals surface area contributed by atoms with E-state index in [9.17, 15) is 4.79 Å². The fourth-order valence-corrected chi connectivity index (χ4v) is 1.56. The second-order valence-electron chi connectivity index (χ2n) is 3.71. The number of hydrogen-bond acceptors (Lipinski definition) is 5. The zero-order valence-electron chi connectivity index (χ0n) is 8.64. The summed E-state index contributed by atoms with van der Waals surface area (Å²) >= 11 is 0. The molecule has 82 valence electrons. The molecule has 1 aromatic rings. The van der Waals surface area contributed by atoms with Gasteiger partial charge in [-0.1, -0.05) is 5.16 Å². The number of carbonyl (C=O) groups excluding carboxylic acids is 1. The molecule has 0 aliphatic carbocycles. The van der Waals surface area contributed by atoms with Crippen LogP contribution in [0.25, 0.3) is 0 Å². The third kappa shape index (κ3) is 1.99. The normalized spacial score (nSPS) is 16.5. The number of rotatable bonds is 3. The number of nitrogens with zero attached hydrogens (tertiary/aromatic N) is 3. The molecule has 0 atom stereocenters. The number of hydrogen-bond donors (Lipinski definition) is 1. The van der Waals surface area contributed by atoms with Gasteiger partial charge in [0.05, 0.1) is 5.92 Å². The van der Waals surface area contributed by atoms with Crippen LogP contribution in [0.15, 0.2) is 4.52 Å². The monoisotopic (exact) mass is 210 g/mol. The molecule has 0 radical (unpaired) electrons. The second kappa shape index (κ2) is 3.98. The van der Waals surface area contributed by atoms with Crippen LogP contribution in [0.5, 0.6) is 0 Å². The quantitative estimate of drug-likeness (QED) is 0.728. The summed E-state index contributed by atoms with van der Waals surface area (Å²) < 4.78 is 5.09. The van der Waals surface area contributed by atoms with Gasteiger partial charge in [-0.2, -0.15) is 4.98 Å². The first-order valence-electron chi connectivity index (χ1n) is 4.98. The highest BCUT2D eigenvalue weighted by Gasteiger charge is 2.33. The lowest BCUT2D eigenvalue weighted by molar-refractivity contribution is -0.133. The molecule has 6 nitrogen and oxygen atoms in total. The summed E-state index contributed by atoms with van der Waals surface area (Å²) in [7, 11) is 0. The Morgan fingerprint density at radius 3 is 3.00 bits per heavy atom. The van der Waals surface area contributed by atoms with Crippen LogP contribution >= 0.6 is 0 Å². The molecule has 1 amide bonds. The van der Waals surface area contributed by atoms with Gasteiger partial charge in [-0.05, 0) is 6.54 Å². The number of carbonyl (C=O) groups is 1. The average Bonchev–Trinajstić information content (AvgIpc) is 2.50. The molecule has 1 aliphatic rings. The molecule has 0 saturated carbocycles. The highest BCUT2D eigenvalue weighted by Crippen LogP contribution is 2.25. The maximum atomic E-state index is 11.0. The topological polar surface area (TPSA) is 85.2 Å². The van der Waals surface area contributed by atoms with Gasteiger partial charge < -0.3 is 15.2 Å². The maximum Gasteiger partial charge on any atom is 0.233 e. The molecule has 15 heavy (non-hydrogen) atoms. The zero-order chi connectivity index (χ0) is 10.8. The SMILES string of the molecule is CC(=O)N1CC(c2nc(CCN)no2)C1. The molecule has 0 spiro atoms. The van der Waals surface area contributed by atoms with E-state index in [0.717, 1.165) is 0 Å². The van der Waals surface area contributed by atoms with Crippen molar-refractivity contribution in [3.63, 3.8) is 0 Å². The minimum absolute atomic E-state index is 0.0907. The lowest BCUT2D eigenvalue weighted by Crippen LogP contribution is -2.47. The lowest BCUT2D eigenvalue weighted by atomic mass is 10.0. The zero-order valence-corrected chi connectivity index (χ0v) is 8.64. The van der Waals surface area contributed by atoms with Gasteiger partial charge >= 0.3 is 0 Å². The summed E-state index contributed by atoms with van der Waals surface area (Å²) in [6.45, 7) is 3.44. The summed E-state index contributed by atoms with van der Waals surface area (Å²) in [5, 5.41) is 3.81. The Morgan fingerprint density at radius 2 is 2.40 bits per heavy atom. The van der Waals surface area contributed by atoms with Gasteiger partial charge in [0.2, 0.25) is 11.8 Å². The molecular weight excluding hydrogens is 196 g/mol. The standard InChI is InChI=1S/C9H14N4O2/c1-6(14)13-4-7(5-13)9-11-8(2-3-10)12-15-9/h7H,2-5,10H2,1H3. The Kier molecular flexibility index (Phi) is 2.68. The van der Waals surface area contributed by atoms with E-state index in [1.165, 1.54) is 0 Å². The Labute approximate surface area is 87.4 Å². The van der Waals surface area contributed by atoms with Gasteiger partial charge in [-0.25, -0.2) is 0 Å². The van der Waals surface area contributed by atoms with Crippen LogP contribution in [0.1, 0.15) is 24.6 Å². The van der Waals surface area contributed by atoms with Crippen molar-refractivity contribution in [2.45, 2.75) is 19.3 Å². The largest absolute Gasteiger partial charge is 0.341 e. The average molecular weight is 210 g/mol. The summed E-state index contributed by atoms with van der Waals surface area (Å²) in [5.41, 5.74) is 5.38. The molecule has 1 fully saturated rings. The van der Waals surface area contributed by atoms with Crippen LogP contribution in [0.2, 0.25) is 0 Å². The molecule has 0 bridgehead atoms. The molecule has 1 saturated heterocycles. The predicted molar refractivity (Wildman–Crippen MR) is 52.1 cm³/mol. The van der Waals surface area contributed by atoms with E-state index >= 15 is 0 Å². The van der Waals surface area contributed by atoms with Gasteiger partial charge in [0.1, 0.15) is 0 Å². The smallest absolute Gasteiger partial charge is 0.233 e. The van der Waals surface area contributed by atoms with Crippen LogP contribution < -0.4 is 5.73 Å². The first-order chi connectivity index (χ1) is 7.20. The van der Waals surface area contributed by atoms with Crippen LogP contribution in [0, 0.1) is 0 Å². The van der Waals surface area contributed by atoms with E-state index in [1.807, 2.05) is 0 Å². The van der Waals surface area contributed by atoms with Gasteiger partial charge in [-0.3, -0.25) is 4.79 Å². The van der Waals surface area contributed by atoms with E-state index in [0.29, 0.717) is 37.8 Å². The fraction of sp³-hybridized carbons (Fsp3) is 0.667. The molecule has 2 rings (SSSR count). The highest BCUT2D eigenvalue weighted by molar-refractivity contribution is 5.74. The van der Waals surface area contributed by atoms with Gasteiger partial charge in [0, 0.05) is 26.4 Å². The summed E-state index contributed by atoms with van der Waals surface area (Å²) in [6, 6.07) is 0. The van der Waals surface area contributed by atoms with Gasteiger partial charge in [0.15, 0.2) is 5.82 Å². The van der Waals surface area contributed by atoms with Crippen molar-refractivity contribution in [2.75, 3.05) is 19.6 Å². The molecule has 1 aromatic heterocycles.